The zero-order valence-electron chi connectivity index (χ0n) is 16.9. The van der Waals surface area contributed by atoms with E-state index in [4.69, 9.17) is 39.3 Å². The summed E-state index contributed by atoms with van der Waals surface area (Å²) >= 11 is 18.5. The van der Waals surface area contributed by atoms with Gasteiger partial charge in [-0.05, 0) is 37.3 Å². The molecule has 0 radical (unpaired) electrons. The molecular formula is C22H17Cl3FN3O3. The summed E-state index contributed by atoms with van der Waals surface area (Å²) in [4.78, 5) is 29.1. The molecule has 1 aliphatic heterocycles. The van der Waals surface area contributed by atoms with Gasteiger partial charge in [-0.15, -0.1) is 0 Å². The largest absolute Gasteiger partial charge is 0.360 e. The van der Waals surface area contributed by atoms with E-state index >= 15 is 0 Å². The van der Waals surface area contributed by atoms with E-state index in [0.29, 0.717) is 21.4 Å². The molecule has 2 heterocycles. The first-order valence-corrected chi connectivity index (χ1v) is 10.9. The molecular weight excluding hydrogens is 480 g/mol. The highest BCUT2D eigenvalue weighted by atomic mass is 35.5. The lowest BCUT2D eigenvalue weighted by atomic mass is 10.0. The summed E-state index contributed by atoms with van der Waals surface area (Å²) in [5.74, 6) is -1.09. The van der Waals surface area contributed by atoms with E-state index in [1.807, 2.05) is 0 Å². The molecule has 1 fully saturated rings. The molecule has 3 aromatic rings. The number of aryl methyl sites for hydroxylation is 1. The molecule has 1 aromatic heterocycles. The van der Waals surface area contributed by atoms with Crippen LogP contribution < -0.4 is 0 Å². The number of piperazine rings is 1. The lowest BCUT2D eigenvalue weighted by molar-refractivity contribution is 0.0532. The van der Waals surface area contributed by atoms with E-state index in [1.54, 1.807) is 30.0 Å². The molecule has 166 valence electrons. The van der Waals surface area contributed by atoms with E-state index in [9.17, 15) is 14.0 Å². The number of benzene rings is 2. The number of hydrogen-bond donors (Lipinski definition) is 0. The Hall–Kier alpha value is -2.61. The van der Waals surface area contributed by atoms with Crippen LogP contribution in [0.4, 0.5) is 4.39 Å². The first-order chi connectivity index (χ1) is 15.3. The van der Waals surface area contributed by atoms with Gasteiger partial charge in [0.2, 0.25) is 0 Å². The normalized spacial score (nSPS) is 14.0. The standard InChI is InChI=1S/C22H17Cl3FN3O3/c1-12-18(20(27-32-12)19-15(24)3-2-4-16(19)25)22(31)29-9-7-28(8-10-29)21(30)14-11-13(23)5-6-17(14)26/h2-6,11H,7-10H2,1H3. The molecule has 10 heteroatoms. The smallest absolute Gasteiger partial charge is 0.259 e. The second kappa shape index (κ2) is 9.10. The van der Waals surface area contributed by atoms with E-state index in [0.717, 1.165) is 6.07 Å². The van der Waals surface area contributed by atoms with Crippen LogP contribution in [0.1, 0.15) is 26.5 Å². The van der Waals surface area contributed by atoms with Crippen molar-refractivity contribution in [2.75, 3.05) is 26.2 Å². The maximum absolute atomic E-state index is 14.1. The number of carbonyl (C=O) groups is 2. The molecule has 0 spiro atoms. The van der Waals surface area contributed by atoms with Gasteiger partial charge < -0.3 is 14.3 Å². The Morgan fingerprint density at radius 1 is 0.969 bits per heavy atom. The molecule has 32 heavy (non-hydrogen) atoms. The van der Waals surface area contributed by atoms with Crippen LogP contribution in [-0.2, 0) is 0 Å². The number of hydrogen-bond acceptors (Lipinski definition) is 4. The van der Waals surface area contributed by atoms with Crippen LogP contribution >= 0.6 is 34.8 Å². The number of nitrogens with zero attached hydrogens (tertiary/aromatic N) is 3. The zero-order valence-corrected chi connectivity index (χ0v) is 19.1. The second-order valence-corrected chi connectivity index (χ2v) is 8.52. The van der Waals surface area contributed by atoms with Crippen LogP contribution in [0.3, 0.4) is 0 Å². The van der Waals surface area contributed by atoms with E-state index in [2.05, 4.69) is 5.16 Å². The Bertz CT molecular complexity index is 1190. The Balaban J connectivity index is 1.53. The monoisotopic (exact) mass is 495 g/mol. The average Bonchev–Trinajstić information content (AvgIpc) is 3.15. The highest BCUT2D eigenvalue weighted by molar-refractivity contribution is 6.39. The molecule has 0 N–H and O–H groups in total. The van der Waals surface area contributed by atoms with Gasteiger partial charge in [0.15, 0.2) is 0 Å². The molecule has 1 saturated heterocycles. The van der Waals surface area contributed by atoms with Gasteiger partial charge in [0.05, 0.1) is 15.6 Å². The first-order valence-electron chi connectivity index (χ1n) is 9.72. The van der Waals surface area contributed by atoms with Gasteiger partial charge in [0.25, 0.3) is 11.8 Å². The molecule has 0 atom stereocenters. The second-order valence-electron chi connectivity index (χ2n) is 7.27. The van der Waals surface area contributed by atoms with Crippen LogP contribution in [-0.4, -0.2) is 52.9 Å². The van der Waals surface area contributed by atoms with Crippen LogP contribution in [0, 0.1) is 12.7 Å². The van der Waals surface area contributed by atoms with Crippen molar-refractivity contribution in [1.29, 1.82) is 0 Å². The Labute approximate surface area is 198 Å². The lowest BCUT2D eigenvalue weighted by Crippen LogP contribution is -2.50. The molecule has 4 rings (SSSR count). The minimum atomic E-state index is -0.640. The number of rotatable bonds is 3. The molecule has 0 unspecified atom stereocenters. The van der Waals surface area contributed by atoms with Crippen LogP contribution in [0.2, 0.25) is 15.1 Å². The molecule has 2 aromatic carbocycles. The van der Waals surface area contributed by atoms with Crippen molar-refractivity contribution in [3.05, 3.63) is 74.2 Å². The van der Waals surface area contributed by atoms with Gasteiger partial charge >= 0.3 is 0 Å². The topological polar surface area (TPSA) is 66.7 Å². The minimum Gasteiger partial charge on any atom is -0.360 e. The summed E-state index contributed by atoms with van der Waals surface area (Å²) in [5.41, 5.74) is 0.854. The fourth-order valence-corrected chi connectivity index (χ4v) is 4.37. The van der Waals surface area contributed by atoms with E-state index < -0.39 is 11.7 Å². The SMILES string of the molecule is Cc1onc(-c2c(Cl)cccc2Cl)c1C(=O)N1CCN(C(=O)c2cc(Cl)ccc2F)CC1. The van der Waals surface area contributed by atoms with Gasteiger partial charge in [0, 0.05) is 36.8 Å². The Morgan fingerprint density at radius 3 is 2.19 bits per heavy atom. The van der Waals surface area contributed by atoms with Gasteiger partial charge in [-0.1, -0.05) is 46.0 Å². The molecule has 0 bridgehead atoms. The van der Waals surface area contributed by atoms with E-state index in [1.165, 1.54) is 17.0 Å². The fraction of sp³-hybridized carbons (Fsp3) is 0.227. The van der Waals surface area contributed by atoms with Crippen molar-refractivity contribution in [2.24, 2.45) is 0 Å². The molecule has 1 aliphatic rings. The van der Waals surface area contributed by atoms with E-state index in [-0.39, 0.29) is 53.9 Å². The summed E-state index contributed by atoms with van der Waals surface area (Å²) in [6.45, 7) is 2.63. The summed E-state index contributed by atoms with van der Waals surface area (Å²) in [7, 11) is 0. The summed E-state index contributed by atoms with van der Waals surface area (Å²) in [5, 5.41) is 4.98. The number of amides is 2. The number of halogens is 4. The molecule has 0 saturated carbocycles. The quantitative estimate of drug-likeness (QED) is 0.490. The van der Waals surface area contributed by atoms with Crippen LogP contribution in [0.5, 0.6) is 0 Å². The van der Waals surface area contributed by atoms with Gasteiger partial charge in [-0.3, -0.25) is 9.59 Å². The van der Waals surface area contributed by atoms with Crippen molar-refractivity contribution >= 4 is 46.6 Å². The van der Waals surface area contributed by atoms with Crippen molar-refractivity contribution < 1.29 is 18.5 Å². The highest BCUT2D eigenvalue weighted by Crippen LogP contribution is 2.37. The highest BCUT2D eigenvalue weighted by Gasteiger charge is 2.31. The minimum absolute atomic E-state index is 0.0946. The number of carbonyl (C=O) groups excluding carboxylic acids is 2. The maximum Gasteiger partial charge on any atom is 0.259 e. The third kappa shape index (κ3) is 4.20. The van der Waals surface area contributed by atoms with Crippen molar-refractivity contribution in [3.8, 4) is 11.3 Å². The molecule has 0 aliphatic carbocycles. The summed E-state index contributed by atoms with van der Waals surface area (Å²) in [6.07, 6.45) is 0. The van der Waals surface area contributed by atoms with Crippen LogP contribution in [0.15, 0.2) is 40.9 Å². The predicted molar refractivity (Wildman–Crippen MR) is 120 cm³/mol. The molecule has 2 amide bonds. The predicted octanol–water partition coefficient (Wildman–Crippen LogP) is 5.35. The summed E-state index contributed by atoms with van der Waals surface area (Å²) < 4.78 is 19.4. The Morgan fingerprint density at radius 2 is 1.56 bits per heavy atom. The molecule has 6 nitrogen and oxygen atoms in total. The van der Waals surface area contributed by atoms with Gasteiger partial charge in [-0.2, -0.15) is 0 Å². The van der Waals surface area contributed by atoms with Crippen LogP contribution in [0.25, 0.3) is 11.3 Å². The third-order valence-electron chi connectivity index (χ3n) is 5.29. The van der Waals surface area contributed by atoms with Gasteiger partial charge in [0.1, 0.15) is 22.8 Å². The maximum atomic E-state index is 14.1. The van der Waals surface area contributed by atoms with Crippen molar-refractivity contribution in [3.63, 3.8) is 0 Å². The first kappa shape index (κ1) is 22.6. The zero-order chi connectivity index (χ0) is 23.0. The third-order valence-corrected chi connectivity index (χ3v) is 6.15. The lowest BCUT2D eigenvalue weighted by Gasteiger charge is -2.35. The van der Waals surface area contributed by atoms with Crippen molar-refractivity contribution in [1.82, 2.24) is 15.0 Å². The van der Waals surface area contributed by atoms with Crippen molar-refractivity contribution in [2.45, 2.75) is 6.92 Å². The average molecular weight is 497 g/mol. The fourth-order valence-electron chi connectivity index (χ4n) is 3.62. The summed E-state index contributed by atoms with van der Waals surface area (Å²) in [6, 6.07) is 8.85. The Kier molecular flexibility index (Phi) is 6.42. The van der Waals surface area contributed by atoms with Gasteiger partial charge in [-0.25, -0.2) is 4.39 Å². The number of aromatic nitrogens is 1.